The average molecular weight is 247 g/mol. The standard InChI is InChI=1S/C15H21NO2/c1-11-4-5-12(2)14(8-11)15(17)10-16-7-6-13(9-16)18-3/h4-5,8,13H,6-7,9-10H2,1-3H3. The molecule has 3 heteroatoms. The largest absolute Gasteiger partial charge is 0.380 e. The molecule has 0 N–H and O–H groups in total. The van der Waals surface area contributed by atoms with Gasteiger partial charge < -0.3 is 4.74 Å². The minimum atomic E-state index is 0.216. The Morgan fingerprint density at radius 2 is 2.22 bits per heavy atom. The molecule has 0 radical (unpaired) electrons. The molecule has 1 aliphatic heterocycles. The van der Waals surface area contributed by atoms with Crippen molar-refractivity contribution in [3.63, 3.8) is 0 Å². The maximum atomic E-state index is 12.3. The van der Waals surface area contributed by atoms with Gasteiger partial charge in [-0.05, 0) is 31.9 Å². The van der Waals surface area contributed by atoms with Gasteiger partial charge >= 0.3 is 0 Å². The van der Waals surface area contributed by atoms with E-state index in [9.17, 15) is 4.79 Å². The first kappa shape index (κ1) is 13.2. The Bertz CT molecular complexity index is 442. The molecule has 0 saturated carbocycles. The summed E-state index contributed by atoms with van der Waals surface area (Å²) >= 11 is 0. The Morgan fingerprint density at radius 1 is 1.44 bits per heavy atom. The molecular formula is C15H21NO2. The van der Waals surface area contributed by atoms with Gasteiger partial charge in [-0.3, -0.25) is 9.69 Å². The summed E-state index contributed by atoms with van der Waals surface area (Å²) < 4.78 is 5.32. The van der Waals surface area contributed by atoms with Crippen LogP contribution in [0.5, 0.6) is 0 Å². The van der Waals surface area contributed by atoms with E-state index in [0.29, 0.717) is 6.54 Å². The van der Waals surface area contributed by atoms with Crippen LogP contribution >= 0.6 is 0 Å². The first-order chi connectivity index (χ1) is 8.60. The normalized spacial score (nSPS) is 20.3. The molecule has 1 aromatic carbocycles. The van der Waals surface area contributed by atoms with Gasteiger partial charge in [-0.25, -0.2) is 0 Å². The number of carbonyl (C=O) groups is 1. The van der Waals surface area contributed by atoms with E-state index < -0.39 is 0 Å². The Morgan fingerprint density at radius 3 is 2.89 bits per heavy atom. The number of hydrogen-bond acceptors (Lipinski definition) is 3. The summed E-state index contributed by atoms with van der Waals surface area (Å²) in [6.07, 6.45) is 1.31. The molecule has 18 heavy (non-hydrogen) atoms. The van der Waals surface area contributed by atoms with Crippen molar-refractivity contribution in [2.75, 3.05) is 26.7 Å². The van der Waals surface area contributed by atoms with Crippen molar-refractivity contribution in [2.45, 2.75) is 26.4 Å². The molecule has 1 unspecified atom stereocenters. The Labute approximate surface area is 109 Å². The number of ether oxygens (including phenoxy) is 1. The van der Waals surface area contributed by atoms with Gasteiger partial charge in [-0.15, -0.1) is 0 Å². The number of methoxy groups -OCH3 is 1. The van der Waals surface area contributed by atoms with Crippen LogP contribution in [0.2, 0.25) is 0 Å². The van der Waals surface area contributed by atoms with Crippen LogP contribution in [0.15, 0.2) is 18.2 Å². The van der Waals surface area contributed by atoms with Crippen LogP contribution in [0, 0.1) is 13.8 Å². The number of likely N-dealkylation sites (tertiary alicyclic amines) is 1. The van der Waals surface area contributed by atoms with Crippen molar-refractivity contribution in [3.05, 3.63) is 34.9 Å². The zero-order valence-electron chi connectivity index (χ0n) is 11.4. The third kappa shape index (κ3) is 2.98. The Balaban J connectivity index is 2.02. The van der Waals surface area contributed by atoms with Crippen molar-refractivity contribution in [2.24, 2.45) is 0 Å². The van der Waals surface area contributed by atoms with E-state index in [4.69, 9.17) is 4.74 Å². The first-order valence-electron chi connectivity index (χ1n) is 6.45. The molecule has 98 valence electrons. The number of nitrogens with zero attached hydrogens (tertiary/aromatic N) is 1. The molecule has 3 nitrogen and oxygen atoms in total. The number of aryl methyl sites for hydroxylation is 2. The number of carbonyl (C=O) groups excluding carboxylic acids is 1. The summed E-state index contributed by atoms with van der Waals surface area (Å²) in [7, 11) is 1.74. The summed E-state index contributed by atoms with van der Waals surface area (Å²) in [5, 5.41) is 0. The zero-order chi connectivity index (χ0) is 13.1. The van der Waals surface area contributed by atoms with Crippen molar-refractivity contribution in [3.8, 4) is 0 Å². The van der Waals surface area contributed by atoms with Gasteiger partial charge in [0.2, 0.25) is 0 Å². The second-order valence-electron chi connectivity index (χ2n) is 5.12. The molecule has 0 aliphatic carbocycles. The summed E-state index contributed by atoms with van der Waals surface area (Å²) in [4.78, 5) is 14.5. The SMILES string of the molecule is COC1CCN(CC(=O)c2cc(C)ccc2C)C1. The van der Waals surface area contributed by atoms with Gasteiger partial charge in [0, 0.05) is 25.8 Å². The number of benzene rings is 1. The highest BCUT2D eigenvalue weighted by molar-refractivity contribution is 5.99. The monoisotopic (exact) mass is 247 g/mol. The second-order valence-corrected chi connectivity index (χ2v) is 5.12. The van der Waals surface area contributed by atoms with E-state index in [-0.39, 0.29) is 11.9 Å². The van der Waals surface area contributed by atoms with Crippen molar-refractivity contribution >= 4 is 5.78 Å². The van der Waals surface area contributed by atoms with Crippen LogP contribution in [0.1, 0.15) is 27.9 Å². The highest BCUT2D eigenvalue weighted by atomic mass is 16.5. The summed E-state index contributed by atoms with van der Waals surface area (Å²) in [5.74, 6) is 0.216. The van der Waals surface area contributed by atoms with E-state index >= 15 is 0 Å². The van der Waals surface area contributed by atoms with Gasteiger partial charge in [0.25, 0.3) is 0 Å². The van der Waals surface area contributed by atoms with E-state index in [1.165, 1.54) is 0 Å². The van der Waals surface area contributed by atoms with E-state index in [0.717, 1.165) is 36.2 Å². The zero-order valence-corrected chi connectivity index (χ0v) is 11.4. The molecule has 1 aliphatic rings. The number of hydrogen-bond donors (Lipinski definition) is 0. The smallest absolute Gasteiger partial charge is 0.177 e. The molecule has 1 fully saturated rings. The van der Waals surface area contributed by atoms with Crippen LogP contribution in [0.3, 0.4) is 0 Å². The molecular weight excluding hydrogens is 226 g/mol. The van der Waals surface area contributed by atoms with Crippen LogP contribution in [-0.2, 0) is 4.74 Å². The topological polar surface area (TPSA) is 29.5 Å². The molecule has 1 heterocycles. The number of Topliss-reactive ketones (excluding diaryl/α,β-unsaturated/α-hetero) is 1. The lowest BCUT2D eigenvalue weighted by molar-refractivity contribution is 0.0898. The Hall–Kier alpha value is -1.19. The highest BCUT2D eigenvalue weighted by Gasteiger charge is 2.24. The molecule has 1 atom stereocenters. The lowest BCUT2D eigenvalue weighted by Gasteiger charge is -2.15. The number of ketones is 1. The van der Waals surface area contributed by atoms with Crippen LogP contribution in [0.25, 0.3) is 0 Å². The van der Waals surface area contributed by atoms with E-state index in [1.807, 2.05) is 32.0 Å². The maximum absolute atomic E-state index is 12.3. The predicted molar refractivity (Wildman–Crippen MR) is 72.1 cm³/mol. The fourth-order valence-electron chi connectivity index (χ4n) is 2.46. The van der Waals surface area contributed by atoms with E-state index in [2.05, 4.69) is 4.90 Å². The summed E-state index contributed by atoms with van der Waals surface area (Å²) in [5.41, 5.74) is 3.06. The summed E-state index contributed by atoms with van der Waals surface area (Å²) in [6.45, 7) is 6.34. The van der Waals surface area contributed by atoms with E-state index in [1.54, 1.807) is 7.11 Å². The maximum Gasteiger partial charge on any atom is 0.177 e. The van der Waals surface area contributed by atoms with Crippen LogP contribution in [0.4, 0.5) is 0 Å². The fourth-order valence-corrected chi connectivity index (χ4v) is 2.46. The third-order valence-corrected chi connectivity index (χ3v) is 3.62. The summed E-state index contributed by atoms with van der Waals surface area (Å²) in [6, 6.07) is 6.05. The van der Waals surface area contributed by atoms with Gasteiger partial charge in [0.1, 0.15) is 0 Å². The van der Waals surface area contributed by atoms with Crippen LogP contribution in [-0.4, -0.2) is 43.5 Å². The molecule has 2 rings (SSSR count). The van der Waals surface area contributed by atoms with Crippen LogP contribution < -0.4 is 0 Å². The first-order valence-corrected chi connectivity index (χ1v) is 6.45. The van der Waals surface area contributed by atoms with Gasteiger partial charge in [0.05, 0.1) is 12.6 Å². The molecule has 0 aromatic heterocycles. The second kappa shape index (κ2) is 5.63. The molecule has 0 spiro atoms. The molecule has 0 amide bonds. The lowest BCUT2D eigenvalue weighted by Crippen LogP contribution is -2.29. The van der Waals surface area contributed by atoms with Gasteiger partial charge in [0.15, 0.2) is 5.78 Å². The van der Waals surface area contributed by atoms with Crippen molar-refractivity contribution < 1.29 is 9.53 Å². The predicted octanol–water partition coefficient (Wildman–Crippen LogP) is 2.21. The minimum absolute atomic E-state index is 0.216. The Kier molecular flexibility index (Phi) is 4.15. The number of rotatable bonds is 4. The average Bonchev–Trinajstić information content (AvgIpc) is 2.80. The van der Waals surface area contributed by atoms with Crippen molar-refractivity contribution in [1.82, 2.24) is 4.90 Å². The molecule has 1 aromatic rings. The highest BCUT2D eigenvalue weighted by Crippen LogP contribution is 2.15. The van der Waals surface area contributed by atoms with Crippen molar-refractivity contribution in [1.29, 1.82) is 0 Å². The van der Waals surface area contributed by atoms with Gasteiger partial charge in [-0.2, -0.15) is 0 Å². The lowest BCUT2D eigenvalue weighted by atomic mass is 10.0. The quantitative estimate of drug-likeness (QED) is 0.764. The molecule has 0 bridgehead atoms. The third-order valence-electron chi connectivity index (χ3n) is 3.62. The minimum Gasteiger partial charge on any atom is -0.380 e. The fraction of sp³-hybridized carbons (Fsp3) is 0.533. The molecule has 1 saturated heterocycles. The van der Waals surface area contributed by atoms with Gasteiger partial charge in [-0.1, -0.05) is 17.7 Å².